The van der Waals surface area contributed by atoms with Crippen LogP contribution in [0, 0.1) is 12.8 Å². The van der Waals surface area contributed by atoms with Gasteiger partial charge in [-0.25, -0.2) is 0 Å². The summed E-state index contributed by atoms with van der Waals surface area (Å²) in [6.45, 7) is 2.10. The van der Waals surface area contributed by atoms with Crippen LogP contribution < -0.4 is 10.5 Å². The first kappa shape index (κ1) is 16.1. The number of methoxy groups -OCH3 is 1. The molecule has 2 atom stereocenters. The molecule has 0 spiro atoms. The Labute approximate surface area is 139 Å². The SMILES string of the molecule is COc1ccc(CCC(N)C2CCc3ccccc3C2)cc1C. The van der Waals surface area contributed by atoms with E-state index in [4.69, 9.17) is 10.5 Å². The summed E-state index contributed by atoms with van der Waals surface area (Å²) in [6, 6.07) is 15.5. The van der Waals surface area contributed by atoms with E-state index >= 15 is 0 Å². The van der Waals surface area contributed by atoms with Crippen molar-refractivity contribution in [3.05, 3.63) is 64.7 Å². The fraction of sp³-hybridized carbons (Fsp3) is 0.429. The van der Waals surface area contributed by atoms with Crippen LogP contribution in [-0.2, 0) is 19.3 Å². The number of benzene rings is 2. The normalized spacial score (nSPS) is 18.3. The highest BCUT2D eigenvalue weighted by Gasteiger charge is 2.23. The third-order valence-electron chi connectivity index (χ3n) is 5.22. The van der Waals surface area contributed by atoms with Gasteiger partial charge in [0, 0.05) is 6.04 Å². The molecule has 2 unspecified atom stereocenters. The van der Waals surface area contributed by atoms with E-state index in [1.807, 2.05) is 0 Å². The maximum absolute atomic E-state index is 6.52. The number of ether oxygens (including phenoxy) is 1. The molecule has 2 aromatic rings. The lowest BCUT2D eigenvalue weighted by atomic mass is 9.79. The Morgan fingerprint density at radius 2 is 1.96 bits per heavy atom. The van der Waals surface area contributed by atoms with Crippen LogP contribution >= 0.6 is 0 Å². The molecule has 0 radical (unpaired) electrons. The molecule has 2 N–H and O–H groups in total. The van der Waals surface area contributed by atoms with Crippen LogP contribution in [0.1, 0.15) is 35.1 Å². The molecule has 0 saturated heterocycles. The maximum Gasteiger partial charge on any atom is 0.121 e. The first-order valence-electron chi connectivity index (χ1n) is 8.63. The summed E-state index contributed by atoms with van der Waals surface area (Å²) < 4.78 is 5.33. The van der Waals surface area contributed by atoms with E-state index in [0.717, 1.165) is 25.0 Å². The van der Waals surface area contributed by atoms with Gasteiger partial charge in [0.25, 0.3) is 0 Å². The summed E-state index contributed by atoms with van der Waals surface area (Å²) in [7, 11) is 1.72. The zero-order valence-electron chi connectivity index (χ0n) is 14.2. The van der Waals surface area contributed by atoms with Crippen molar-refractivity contribution >= 4 is 0 Å². The van der Waals surface area contributed by atoms with Crippen molar-refractivity contribution in [1.29, 1.82) is 0 Å². The monoisotopic (exact) mass is 309 g/mol. The molecule has 0 amide bonds. The van der Waals surface area contributed by atoms with Crippen LogP contribution in [0.25, 0.3) is 0 Å². The predicted molar refractivity (Wildman–Crippen MR) is 96.0 cm³/mol. The second-order valence-corrected chi connectivity index (χ2v) is 6.78. The molecular weight excluding hydrogens is 282 g/mol. The van der Waals surface area contributed by atoms with E-state index in [0.29, 0.717) is 5.92 Å². The Morgan fingerprint density at radius 1 is 1.17 bits per heavy atom. The quantitative estimate of drug-likeness (QED) is 0.903. The summed E-state index contributed by atoms with van der Waals surface area (Å²) in [5.41, 5.74) is 12.1. The van der Waals surface area contributed by atoms with E-state index in [9.17, 15) is 0 Å². The highest BCUT2D eigenvalue weighted by Crippen LogP contribution is 2.28. The lowest BCUT2D eigenvalue weighted by Crippen LogP contribution is -2.34. The molecule has 1 aliphatic rings. The molecule has 2 heteroatoms. The molecule has 0 heterocycles. The predicted octanol–water partition coefficient (Wildman–Crippen LogP) is 4.07. The summed E-state index contributed by atoms with van der Waals surface area (Å²) in [6.07, 6.45) is 5.64. The topological polar surface area (TPSA) is 35.2 Å². The minimum absolute atomic E-state index is 0.283. The summed E-state index contributed by atoms with van der Waals surface area (Å²) in [5, 5.41) is 0. The fourth-order valence-corrected chi connectivity index (χ4v) is 3.76. The third kappa shape index (κ3) is 3.76. The average molecular weight is 309 g/mol. The number of hydrogen-bond donors (Lipinski definition) is 1. The van der Waals surface area contributed by atoms with Gasteiger partial charge in [-0.2, -0.15) is 0 Å². The van der Waals surface area contributed by atoms with Gasteiger partial charge in [0.15, 0.2) is 0 Å². The molecule has 0 saturated carbocycles. The summed E-state index contributed by atoms with van der Waals surface area (Å²) in [5.74, 6) is 1.58. The number of nitrogens with two attached hydrogens (primary N) is 1. The minimum Gasteiger partial charge on any atom is -0.496 e. The lowest BCUT2D eigenvalue weighted by Gasteiger charge is -2.29. The molecule has 3 rings (SSSR count). The molecule has 2 aromatic carbocycles. The van der Waals surface area contributed by atoms with Crippen LogP contribution in [0.3, 0.4) is 0 Å². The van der Waals surface area contributed by atoms with Crippen molar-refractivity contribution in [3.63, 3.8) is 0 Å². The second kappa shape index (κ2) is 7.18. The van der Waals surface area contributed by atoms with Gasteiger partial charge in [-0.1, -0.05) is 36.4 Å². The van der Waals surface area contributed by atoms with E-state index in [1.54, 1.807) is 7.11 Å². The summed E-state index contributed by atoms with van der Waals surface area (Å²) in [4.78, 5) is 0. The number of fused-ring (bicyclic) bond motifs is 1. The number of aryl methyl sites for hydroxylation is 3. The highest BCUT2D eigenvalue weighted by atomic mass is 16.5. The Kier molecular flexibility index (Phi) is 5.02. The van der Waals surface area contributed by atoms with E-state index in [2.05, 4.69) is 49.4 Å². The van der Waals surface area contributed by atoms with Gasteiger partial charge in [0.1, 0.15) is 5.75 Å². The maximum atomic E-state index is 6.52. The van der Waals surface area contributed by atoms with Crippen molar-refractivity contribution in [1.82, 2.24) is 0 Å². The molecule has 0 bridgehead atoms. The van der Waals surface area contributed by atoms with Crippen LogP contribution in [0.4, 0.5) is 0 Å². The smallest absolute Gasteiger partial charge is 0.121 e. The lowest BCUT2D eigenvalue weighted by molar-refractivity contribution is 0.359. The van der Waals surface area contributed by atoms with Gasteiger partial charge < -0.3 is 10.5 Å². The molecule has 0 aliphatic heterocycles. The van der Waals surface area contributed by atoms with E-state index in [1.165, 1.54) is 35.1 Å². The Hall–Kier alpha value is -1.80. The van der Waals surface area contributed by atoms with Crippen LogP contribution in [0.5, 0.6) is 5.75 Å². The Balaban J connectivity index is 1.58. The van der Waals surface area contributed by atoms with Gasteiger partial charge in [0.2, 0.25) is 0 Å². The average Bonchev–Trinajstić information content (AvgIpc) is 2.59. The third-order valence-corrected chi connectivity index (χ3v) is 5.22. The molecule has 122 valence electrons. The van der Waals surface area contributed by atoms with Crippen molar-refractivity contribution in [2.45, 2.75) is 45.1 Å². The molecule has 2 nitrogen and oxygen atoms in total. The van der Waals surface area contributed by atoms with Crippen molar-refractivity contribution < 1.29 is 4.74 Å². The van der Waals surface area contributed by atoms with Gasteiger partial charge >= 0.3 is 0 Å². The van der Waals surface area contributed by atoms with Crippen molar-refractivity contribution in [3.8, 4) is 5.75 Å². The Morgan fingerprint density at radius 3 is 2.70 bits per heavy atom. The molecule has 0 fully saturated rings. The van der Waals surface area contributed by atoms with Crippen LogP contribution in [0.2, 0.25) is 0 Å². The molecular formula is C21H27NO. The summed E-state index contributed by atoms with van der Waals surface area (Å²) >= 11 is 0. The van der Waals surface area contributed by atoms with Crippen LogP contribution in [0.15, 0.2) is 42.5 Å². The van der Waals surface area contributed by atoms with Crippen molar-refractivity contribution in [2.24, 2.45) is 11.7 Å². The standard InChI is InChI=1S/C21H27NO/c1-15-13-16(8-12-21(15)23-2)7-11-20(22)19-10-9-17-5-3-4-6-18(17)14-19/h3-6,8,12-13,19-20H,7,9-11,14,22H2,1-2H3. The van der Waals surface area contributed by atoms with E-state index in [-0.39, 0.29) is 6.04 Å². The number of rotatable bonds is 5. The largest absolute Gasteiger partial charge is 0.496 e. The zero-order chi connectivity index (χ0) is 16.2. The molecule has 0 aromatic heterocycles. The number of hydrogen-bond acceptors (Lipinski definition) is 2. The first-order valence-corrected chi connectivity index (χ1v) is 8.63. The molecule has 1 aliphatic carbocycles. The van der Waals surface area contributed by atoms with Gasteiger partial charge in [0.05, 0.1) is 7.11 Å². The fourth-order valence-electron chi connectivity index (χ4n) is 3.76. The Bertz CT molecular complexity index is 665. The van der Waals surface area contributed by atoms with Gasteiger partial charge in [-0.3, -0.25) is 0 Å². The van der Waals surface area contributed by atoms with Crippen molar-refractivity contribution in [2.75, 3.05) is 7.11 Å². The first-order chi connectivity index (χ1) is 11.2. The van der Waals surface area contributed by atoms with E-state index < -0.39 is 0 Å². The van der Waals surface area contributed by atoms with Crippen LogP contribution in [-0.4, -0.2) is 13.2 Å². The highest BCUT2D eigenvalue weighted by molar-refractivity contribution is 5.36. The minimum atomic E-state index is 0.283. The molecule has 23 heavy (non-hydrogen) atoms. The zero-order valence-corrected chi connectivity index (χ0v) is 14.2. The van der Waals surface area contributed by atoms with Gasteiger partial charge in [-0.15, -0.1) is 0 Å². The van der Waals surface area contributed by atoms with Gasteiger partial charge in [-0.05, 0) is 73.3 Å². The second-order valence-electron chi connectivity index (χ2n) is 6.78.